The Morgan fingerprint density at radius 1 is 0.875 bits per heavy atom. The summed E-state index contributed by atoms with van der Waals surface area (Å²) in [5.41, 5.74) is 0.856. The van der Waals surface area contributed by atoms with Gasteiger partial charge in [-0.3, -0.25) is 24.0 Å². The summed E-state index contributed by atoms with van der Waals surface area (Å²) in [5, 5.41) is 8.44. The molecule has 3 atom stereocenters. The highest BCUT2D eigenvalue weighted by Gasteiger charge is 2.37. The minimum atomic E-state index is -0.912. The van der Waals surface area contributed by atoms with Gasteiger partial charge in [0.2, 0.25) is 5.91 Å². The zero-order valence-electron chi connectivity index (χ0n) is 22.5. The summed E-state index contributed by atoms with van der Waals surface area (Å²) >= 11 is 5.81. The molecule has 5 amide bonds. The van der Waals surface area contributed by atoms with Crippen LogP contribution >= 0.6 is 11.6 Å². The van der Waals surface area contributed by atoms with Gasteiger partial charge >= 0.3 is 11.8 Å². The first-order chi connectivity index (χ1) is 19.1. The average molecular weight is 569 g/mol. The van der Waals surface area contributed by atoms with Crippen LogP contribution in [0.2, 0.25) is 5.02 Å². The lowest BCUT2D eigenvalue weighted by molar-refractivity contribution is -0.137. The molecule has 3 N–H and O–H groups in total. The van der Waals surface area contributed by atoms with E-state index in [1.54, 1.807) is 43.3 Å². The number of hydrogen-bond donors (Lipinski definition) is 3. The predicted octanol–water partition coefficient (Wildman–Crippen LogP) is 2.08. The number of nitrogens with one attached hydrogen (secondary N) is 3. The van der Waals surface area contributed by atoms with Crippen LogP contribution in [-0.2, 0) is 14.4 Å². The van der Waals surface area contributed by atoms with Gasteiger partial charge < -0.3 is 25.8 Å². The van der Waals surface area contributed by atoms with E-state index in [0.29, 0.717) is 35.4 Å². The summed E-state index contributed by atoms with van der Waals surface area (Å²) in [6, 6.07) is 8.25. The molecule has 0 unspecified atom stereocenters. The van der Waals surface area contributed by atoms with E-state index in [1.807, 2.05) is 0 Å². The molecule has 0 bridgehead atoms. The molecule has 1 saturated heterocycles. The lowest BCUT2D eigenvalue weighted by Gasteiger charge is -2.37. The van der Waals surface area contributed by atoms with Crippen LogP contribution < -0.4 is 16.0 Å². The Hall–Kier alpha value is -3.99. The monoisotopic (exact) mass is 568 g/mol. The second kappa shape index (κ2) is 12.9. The summed E-state index contributed by atoms with van der Waals surface area (Å²) < 4.78 is 0. The van der Waals surface area contributed by atoms with E-state index in [4.69, 9.17) is 11.6 Å². The number of amides is 5. The number of hydrogen-bond acceptors (Lipinski definition) is 6. The number of likely N-dealkylation sites (tertiary alicyclic amines) is 1. The first kappa shape index (κ1) is 29.0. The van der Waals surface area contributed by atoms with Gasteiger partial charge in [0.1, 0.15) is 5.82 Å². The van der Waals surface area contributed by atoms with Crippen molar-refractivity contribution in [2.75, 3.05) is 32.5 Å². The molecule has 1 aromatic heterocycles. The highest BCUT2D eigenvalue weighted by atomic mass is 35.5. The van der Waals surface area contributed by atoms with Gasteiger partial charge in [0.25, 0.3) is 11.8 Å². The SMILES string of the molecule is CN(C)C(=O)[C@H]1CC[C@H](NC(=O)C(=O)Nc2ccc(Cl)cn2)[C@H](NC(=O)c2ccc(C(=O)N3CCCC3)cc2)C1. The van der Waals surface area contributed by atoms with Crippen LogP contribution in [0.15, 0.2) is 42.6 Å². The number of rotatable bonds is 6. The fraction of sp³-hybridized carbons (Fsp3) is 0.429. The molecule has 0 spiro atoms. The fourth-order valence-electron chi connectivity index (χ4n) is 5.07. The van der Waals surface area contributed by atoms with Crippen LogP contribution in [0, 0.1) is 5.92 Å². The molecule has 1 aliphatic heterocycles. The zero-order valence-corrected chi connectivity index (χ0v) is 23.2. The van der Waals surface area contributed by atoms with Crippen molar-refractivity contribution < 1.29 is 24.0 Å². The van der Waals surface area contributed by atoms with E-state index in [2.05, 4.69) is 20.9 Å². The first-order valence-electron chi connectivity index (χ1n) is 13.3. The Morgan fingerprint density at radius 3 is 2.17 bits per heavy atom. The Labute approximate surface area is 237 Å². The molecule has 2 fully saturated rings. The minimum absolute atomic E-state index is 0.0587. The number of pyridine rings is 1. The quantitative estimate of drug-likeness (QED) is 0.456. The zero-order chi connectivity index (χ0) is 28.8. The summed E-state index contributed by atoms with van der Waals surface area (Å²) in [5.74, 6) is -2.51. The summed E-state index contributed by atoms with van der Waals surface area (Å²) in [6.07, 6.45) is 4.49. The van der Waals surface area contributed by atoms with E-state index >= 15 is 0 Å². The smallest absolute Gasteiger partial charge is 0.314 e. The maximum absolute atomic E-state index is 13.2. The van der Waals surface area contributed by atoms with Crippen molar-refractivity contribution in [2.45, 2.75) is 44.2 Å². The van der Waals surface area contributed by atoms with Crippen molar-refractivity contribution in [3.05, 3.63) is 58.7 Å². The third-order valence-electron chi connectivity index (χ3n) is 7.24. The molecular weight excluding hydrogens is 536 g/mol. The number of anilines is 1. The second-order valence-electron chi connectivity index (χ2n) is 10.3. The van der Waals surface area contributed by atoms with Crippen molar-refractivity contribution in [2.24, 2.45) is 5.92 Å². The van der Waals surface area contributed by atoms with Crippen molar-refractivity contribution in [1.82, 2.24) is 25.4 Å². The number of halogens is 1. The topological polar surface area (TPSA) is 141 Å². The Balaban J connectivity index is 1.43. The number of carbonyl (C=O) groups is 5. The molecule has 4 rings (SSSR count). The van der Waals surface area contributed by atoms with Crippen LogP contribution in [0.5, 0.6) is 0 Å². The molecule has 2 aromatic rings. The van der Waals surface area contributed by atoms with E-state index in [0.717, 1.165) is 25.9 Å². The van der Waals surface area contributed by atoms with Crippen LogP contribution in [0.1, 0.15) is 52.8 Å². The number of nitrogens with zero attached hydrogens (tertiary/aromatic N) is 3. The molecule has 212 valence electrons. The third-order valence-corrected chi connectivity index (χ3v) is 7.46. The van der Waals surface area contributed by atoms with Gasteiger partial charge in [0, 0.05) is 56.5 Å². The van der Waals surface area contributed by atoms with Crippen molar-refractivity contribution in [3.63, 3.8) is 0 Å². The van der Waals surface area contributed by atoms with Crippen molar-refractivity contribution in [3.8, 4) is 0 Å². The molecule has 1 saturated carbocycles. The van der Waals surface area contributed by atoms with E-state index in [9.17, 15) is 24.0 Å². The molecule has 12 heteroatoms. The summed E-state index contributed by atoms with van der Waals surface area (Å²) in [4.78, 5) is 71.0. The van der Waals surface area contributed by atoms with Crippen molar-refractivity contribution in [1.29, 1.82) is 0 Å². The van der Waals surface area contributed by atoms with Crippen LogP contribution in [0.4, 0.5) is 5.82 Å². The summed E-state index contributed by atoms with van der Waals surface area (Å²) in [6.45, 7) is 1.47. The van der Waals surface area contributed by atoms with Crippen LogP contribution in [0.25, 0.3) is 0 Å². The largest absolute Gasteiger partial charge is 0.349 e. The normalized spacial score (nSPS) is 20.4. The van der Waals surface area contributed by atoms with E-state index < -0.39 is 29.8 Å². The lowest BCUT2D eigenvalue weighted by Crippen LogP contribution is -2.57. The summed E-state index contributed by atoms with van der Waals surface area (Å²) in [7, 11) is 3.34. The van der Waals surface area contributed by atoms with Crippen LogP contribution in [0.3, 0.4) is 0 Å². The number of aromatic nitrogens is 1. The molecule has 0 radical (unpaired) electrons. The molecule has 1 aromatic carbocycles. The van der Waals surface area contributed by atoms with Gasteiger partial charge in [0.05, 0.1) is 11.1 Å². The van der Waals surface area contributed by atoms with Gasteiger partial charge in [0.15, 0.2) is 0 Å². The minimum Gasteiger partial charge on any atom is -0.349 e. The second-order valence-corrected chi connectivity index (χ2v) is 10.7. The maximum atomic E-state index is 13.2. The molecule has 11 nitrogen and oxygen atoms in total. The van der Waals surface area contributed by atoms with Gasteiger partial charge in [-0.1, -0.05) is 11.6 Å². The number of carbonyl (C=O) groups excluding carboxylic acids is 5. The fourth-order valence-corrected chi connectivity index (χ4v) is 5.18. The Kier molecular flexibility index (Phi) is 9.36. The number of benzene rings is 1. The van der Waals surface area contributed by atoms with E-state index in [1.165, 1.54) is 23.2 Å². The molecule has 40 heavy (non-hydrogen) atoms. The molecular formula is C28H33ClN6O5. The van der Waals surface area contributed by atoms with Crippen LogP contribution in [-0.4, -0.2) is 83.6 Å². The van der Waals surface area contributed by atoms with Gasteiger partial charge in [-0.2, -0.15) is 0 Å². The highest BCUT2D eigenvalue weighted by molar-refractivity contribution is 6.39. The van der Waals surface area contributed by atoms with Gasteiger partial charge in [-0.25, -0.2) is 4.98 Å². The maximum Gasteiger partial charge on any atom is 0.314 e. The predicted molar refractivity (Wildman–Crippen MR) is 149 cm³/mol. The first-order valence-corrected chi connectivity index (χ1v) is 13.6. The third kappa shape index (κ3) is 7.15. The van der Waals surface area contributed by atoms with Gasteiger partial charge in [-0.05, 0) is 68.5 Å². The average Bonchev–Trinajstić information content (AvgIpc) is 3.49. The van der Waals surface area contributed by atoms with Gasteiger partial charge in [-0.15, -0.1) is 0 Å². The lowest BCUT2D eigenvalue weighted by atomic mass is 9.81. The Bertz CT molecular complexity index is 1260. The molecule has 1 aliphatic carbocycles. The standard InChI is InChI=1S/C28H33ClN6O5/c1-34(2)27(39)19-9-11-21(31-25(37)26(38)33-23-12-10-20(29)16-30-23)22(15-19)32-24(36)17-5-7-18(8-6-17)28(40)35-13-3-4-14-35/h5-8,10,12,16,19,21-22H,3-4,9,11,13-15H2,1-2H3,(H,31,37)(H,32,36)(H,30,33,38)/t19-,21-,22+/m0/s1. The Morgan fingerprint density at radius 2 is 1.55 bits per heavy atom. The molecule has 2 heterocycles. The van der Waals surface area contributed by atoms with E-state index in [-0.39, 0.29) is 23.6 Å². The molecule has 2 aliphatic rings. The van der Waals surface area contributed by atoms with Crippen molar-refractivity contribution >= 4 is 47.0 Å². The highest BCUT2D eigenvalue weighted by Crippen LogP contribution is 2.27.